The minimum atomic E-state index is -0.889. The van der Waals surface area contributed by atoms with Gasteiger partial charge in [0.2, 0.25) is 0 Å². The molecule has 0 unspecified atom stereocenters. The Morgan fingerprint density at radius 2 is 1.83 bits per heavy atom. The van der Waals surface area contributed by atoms with E-state index >= 15 is 0 Å². The summed E-state index contributed by atoms with van der Waals surface area (Å²) in [5.41, 5.74) is 0. The van der Waals surface area contributed by atoms with E-state index in [0.29, 0.717) is 13.0 Å². The SMILES string of the molecule is O=C(Cl)Cl.O=C1CCCCCO1. The van der Waals surface area contributed by atoms with Crippen LogP contribution >= 0.6 is 23.2 Å². The Morgan fingerprint density at radius 3 is 2.42 bits per heavy atom. The molecular formula is C7H10Cl2O3. The maximum atomic E-state index is 10.5. The molecule has 0 aromatic heterocycles. The van der Waals surface area contributed by atoms with Crippen molar-refractivity contribution in [1.82, 2.24) is 0 Å². The molecule has 0 N–H and O–H groups in total. The Balaban J connectivity index is 0.000000261. The van der Waals surface area contributed by atoms with Crippen LogP contribution in [0.25, 0.3) is 0 Å². The number of halogens is 2. The van der Waals surface area contributed by atoms with Crippen molar-refractivity contribution in [2.24, 2.45) is 0 Å². The van der Waals surface area contributed by atoms with Gasteiger partial charge in [-0.1, -0.05) is 0 Å². The first-order valence-electron chi connectivity index (χ1n) is 3.63. The van der Waals surface area contributed by atoms with E-state index in [9.17, 15) is 4.79 Å². The minimum Gasteiger partial charge on any atom is -0.466 e. The van der Waals surface area contributed by atoms with Crippen LogP contribution in [0.1, 0.15) is 25.7 Å². The van der Waals surface area contributed by atoms with Crippen LogP contribution in [0.2, 0.25) is 0 Å². The third kappa shape index (κ3) is 9.72. The quantitative estimate of drug-likeness (QED) is 0.459. The van der Waals surface area contributed by atoms with E-state index in [-0.39, 0.29) is 5.97 Å². The average Bonchev–Trinajstić information content (AvgIpc) is 2.14. The number of hydrogen-bond acceptors (Lipinski definition) is 3. The number of cyclic esters (lactones) is 1. The van der Waals surface area contributed by atoms with E-state index in [2.05, 4.69) is 23.2 Å². The van der Waals surface area contributed by atoms with Crippen molar-refractivity contribution in [3.05, 3.63) is 0 Å². The molecule has 0 bridgehead atoms. The molecule has 0 aliphatic carbocycles. The molecule has 0 saturated carbocycles. The van der Waals surface area contributed by atoms with Gasteiger partial charge in [-0.15, -0.1) is 0 Å². The second-order valence-corrected chi connectivity index (χ2v) is 3.14. The average molecular weight is 213 g/mol. The summed E-state index contributed by atoms with van der Waals surface area (Å²) in [6, 6.07) is 0. The summed E-state index contributed by atoms with van der Waals surface area (Å²) in [5.74, 6) is -0.0255. The van der Waals surface area contributed by atoms with E-state index in [0.717, 1.165) is 19.3 Å². The fourth-order valence-corrected chi connectivity index (χ4v) is 0.806. The van der Waals surface area contributed by atoms with Gasteiger partial charge in [0, 0.05) is 6.42 Å². The number of rotatable bonds is 0. The molecule has 0 aromatic rings. The van der Waals surface area contributed by atoms with Crippen LogP contribution in [0.3, 0.4) is 0 Å². The Morgan fingerprint density at radius 1 is 1.25 bits per heavy atom. The zero-order valence-corrected chi connectivity index (χ0v) is 8.03. The van der Waals surface area contributed by atoms with Crippen LogP contribution in [-0.4, -0.2) is 17.3 Å². The molecule has 70 valence electrons. The van der Waals surface area contributed by atoms with Crippen LogP contribution in [0.4, 0.5) is 4.79 Å². The smallest absolute Gasteiger partial charge is 0.313 e. The monoisotopic (exact) mass is 212 g/mol. The van der Waals surface area contributed by atoms with Crippen LogP contribution in [0.15, 0.2) is 0 Å². The number of hydrogen-bond donors (Lipinski definition) is 0. The Bertz CT molecular complexity index is 145. The molecule has 12 heavy (non-hydrogen) atoms. The number of carbonyl (C=O) groups is 2. The molecule has 1 saturated heterocycles. The Hall–Kier alpha value is -0.280. The summed E-state index contributed by atoms with van der Waals surface area (Å²) < 4.78 is 3.88. The zero-order valence-electron chi connectivity index (χ0n) is 6.52. The lowest BCUT2D eigenvalue weighted by atomic mass is 10.2. The van der Waals surface area contributed by atoms with E-state index < -0.39 is 4.70 Å². The fraction of sp³-hybridized carbons (Fsp3) is 0.714. The van der Waals surface area contributed by atoms with Gasteiger partial charge in [-0.2, -0.15) is 0 Å². The molecule has 1 fully saturated rings. The van der Waals surface area contributed by atoms with Gasteiger partial charge in [-0.3, -0.25) is 9.59 Å². The summed E-state index contributed by atoms with van der Waals surface area (Å²) in [5, 5.41) is 0. The zero-order chi connectivity index (χ0) is 9.40. The summed E-state index contributed by atoms with van der Waals surface area (Å²) in [6.45, 7) is 0.638. The third-order valence-corrected chi connectivity index (χ3v) is 1.29. The van der Waals surface area contributed by atoms with Gasteiger partial charge in [0.25, 0.3) is 0 Å². The second-order valence-electron chi connectivity index (χ2n) is 2.26. The highest BCUT2D eigenvalue weighted by Crippen LogP contribution is 2.06. The molecule has 1 heterocycles. The first kappa shape index (κ1) is 11.7. The standard InChI is InChI=1S/C6H10O2.CCl2O/c7-6-4-2-1-3-5-8-6;2-1(3)4/h1-5H2;. The molecule has 0 aromatic carbocycles. The van der Waals surface area contributed by atoms with Crippen LogP contribution in [0.5, 0.6) is 0 Å². The van der Waals surface area contributed by atoms with Gasteiger partial charge in [0.1, 0.15) is 0 Å². The lowest BCUT2D eigenvalue weighted by Crippen LogP contribution is -2.00. The van der Waals surface area contributed by atoms with Crippen molar-refractivity contribution in [3.8, 4) is 0 Å². The molecular weight excluding hydrogens is 203 g/mol. The lowest BCUT2D eigenvalue weighted by Gasteiger charge is -1.93. The number of esters is 1. The van der Waals surface area contributed by atoms with Crippen molar-refractivity contribution < 1.29 is 14.3 Å². The van der Waals surface area contributed by atoms with E-state index in [1.54, 1.807) is 0 Å². The van der Waals surface area contributed by atoms with Crippen LogP contribution < -0.4 is 0 Å². The van der Waals surface area contributed by atoms with Crippen LogP contribution in [-0.2, 0) is 9.53 Å². The molecule has 1 rings (SSSR count). The highest BCUT2D eigenvalue weighted by Gasteiger charge is 2.05. The van der Waals surface area contributed by atoms with Crippen molar-refractivity contribution in [3.63, 3.8) is 0 Å². The van der Waals surface area contributed by atoms with Gasteiger partial charge >= 0.3 is 10.7 Å². The van der Waals surface area contributed by atoms with Crippen molar-refractivity contribution >= 4 is 33.9 Å². The maximum Gasteiger partial charge on any atom is 0.313 e. The highest BCUT2D eigenvalue weighted by atomic mass is 35.5. The first-order valence-corrected chi connectivity index (χ1v) is 4.39. The van der Waals surface area contributed by atoms with Gasteiger partial charge in [0.05, 0.1) is 6.61 Å². The normalized spacial score (nSPS) is 16.7. The molecule has 0 amide bonds. The topological polar surface area (TPSA) is 43.4 Å². The molecule has 0 spiro atoms. The number of carbonyl (C=O) groups excluding carboxylic acids is 2. The molecule has 1 aliphatic heterocycles. The van der Waals surface area contributed by atoms with Crippen molar-refractivity contribution in [2.75, 3.05) is 6.61 Å². The Labute approximate surface area is 81.0 Å². The van der Waals surface area contributed by atoms with E-state index in [1.807, 2.05) is 0 Å². The molecule has 1 aliphatic rings. The predicted octanol–water partition coefficient (Wildman–Crippen LogP) is 2.69. The predicted molar refractivity (Wildman–Crippen MR) is 46.5 cm³/mol. The molecule has 5 heteroatoms. The van der Waals surface area contributed by atoms with Gasteiger partial charge in [0.15, 0.2) is 0 Å². The summed E-state index contributed by atoms with van der Waals surface area (Å²) in [7, 11) is 0. The largest absolute Gasteiger partial charge is 0.466 e. The van der Waals surface area contributed by atoms with Gasteiger partial charge in [-0.05, 0) is 42.5 Å². The van der Waals surface area contributed by atoms with Gasteiger partial charge in [-0.25, -0.2) is 0 Å². The van der Waals surface area contributed by atoms with E-state index in [1.165, 1.54) is 0 Å². The summed E-state index contributed by atoms with van der Waals surface area (Å²) >= 11 is 8.80. The number of ether oxygens (including phenoxy) is 1. The Kier molecular flexibility index (Phi) is 7.20. The lowest BCUT2D eigenvalue weighted by molar-refractivity contribution is -0.142. The summed E-state index contributed by atoms with van der Waals surface area (Å²) in [4.78, 5) is 19.4. The van der Waals surface area contributed by atoms with Crippen molar-refractivity contribution in [1.29, 1.82) is 0 Å². The van der Waals surface area contributed by atoms with Crippen LogP contribution in [0, 0.1) is 0 Å². The third-order valence-electron chi connectivity index (χ3n) is 1.29. The highest BCUT2D eigenvalue weighted by molar-refractivity contribution is 6.93. The summed E-state index contributed by atoms with van der Waals surface area (Å²) in [6.07, 6.45) is 3.83. The fourth-order valence-electron chi connectivity index (χ4n) is 0.806. The second kappa shape index (κ2) is 7.37. The molecule has 0 atom stereocenters. The maximum absolute atomic E-state index is 10.5. The van der Waals surface area contributed by atoms with E-state index in [4.69, 9.17) is 9.53 Å². The molecule has 0 radical (unpaired) electrons. The molecule has 3 nitrogen and oxygen atoms in total. The first-order chi connectivity index (χ1) is 5.63. The minimum absolute atomic E-state index is 0.0255. The van der Waals surface area contributed by atoms with Crippen molar-refractivity contribution in [2.45, 2.75) is 25.7 Å². The van der Waals surface area contributed by atoms with Gasteiger partial charge < -0.3 is 4.74 Å².